The van der Waals surface area contributed by atoms with Crippen LogP contribution >= 0.6 is 11.8 Å². The molecule has 1 aromatic carbocycles. The molecule has 1 amide bonds. The average molecular weight is 332 g/mol. The molecule has 1 atom stereocenters. The molecule has 1 aliphatic carbocycles. The quantitative estimate of drug-likeness (QED) is 0.449. The molecule has 1 saturated carbocycles. The van der Waals surface area contributed by atoms with Crippen LogP contribution in [0, 0.1) is 0 Å². The van der Waals surface area contributed by atoms with Crippen molar-refractivity contribution in [3.8, 4) is 0 Å². The molecule has 2 aliphatic rings. The van der Waals surface area contributed by atoms with Crippen LogP contribution in [-0.4, -0.2) is 33.8 Å². The van der Waals surface area contributed by atoms with E-state index in [0.29, 0.717) is 11.6 Å². The molecular weight excluding hydrogens is 312 g/mol. The lowest BCUT2D eigenvalue weighted by Crippen LogP contribution is -2.19. The van der Waals surface area contributed by atoms with Gasteiger partial charge in [-0.3, -0.25) is 20.4 Å². The zero-order valence-electron chi connectivity index (χ0n) is 12.7. The van der Waals surface area contributed by atoms with Gasteiger partial charge >= 0.3 is 0 Å². The Hall–Kier alpha value is -1.86. The van der Waals surface area contributed by atoms with Gasteiger partial charge in [-0.1, -0.05) is 43.2 Å². The van der Waals surface area contributed by atoms with Gasteiger partial charge < -0.3 is 0 Å². The molecule has 3 N–H and O–H groups in total. The van der Waals surface area contributed by atoms with Crippen LogP contribution in [0.5, 0.6) is 0 Å². The molecule has 1 aromatic rings. The molecule has 1 aliphatic heterocycles. The van der Waals surface area contributed by atoms with Crippen LogP contribution in [0.15, 0.2) is 34.4 Å². The topological polar surface area (TPSA) is 86.1 Å². The van der Waals surface area contributed by atoms with Crippen molar-refractivity contribution in [2.24, 2.45) is 10.1 Å². The Kier molecular flexibility index (Phi) is 5.30. The van der Waals surface area contributed by atoms with E-state index in [9.17, 15) is 4.79 Å². The summed E-state index contributed by atoms with van der Waals surface area (Å²) in [6.07, 6.45) is 8.24. The van der Waals surface area contributed by atoms with Crippen LogP contribution in [-0.2, 0) is 0 Å². The molecule has 0 spiro atoms. The Bertz CT molecular complexity index is 609. The highest BCUT2D eigenvalue weighted by Gasteiger charge is 2.20. The maximum Gasteiger partial charge on any atom is 0.274 e. The number of carbonyl (C=O) groups excluding carboxylic acids is 1. The number of rotatable bonds is 4. The third-order valence-electron chi connectivity index (χ3n) is 4.03. The second-order valence-corrected chi connectivity index (χ2v) is 6.82. The number of hydrogen-bond acceptors (Lipinski definition) is 6. The Morgan fingerprint density at radius 2 is 2.04 bits per heavy atom. The lowest BCUT2D eigenvalue weighted by molar-refractivity contribution is 0.0706. The molecule has 1 unspecified atom stereocenters. The van der Waals surface area contributed by atoms with Gasteiger partial charge in [0.15, 0.2) is 0 Å². The number of aliphatic imine (C=N–C) groups is 1. The van der Waals surface area contributed by atoms with Crippen LogP contribution in [0.2, 0.25) is 0 Å². The molecule has 1 heterocycles. The fourth-order valence-corrected chi connectivity index (χ4v) is 3.60. The van der Waals surface area contributed by atoms with Gasteiger partial charge in [0.2, 0.25) is 0 Å². The van der Waals surface area contributed by atoms with Crippen LogP contribution in [0.4, 0.5) is 0 Å². The minimum absolute atomic E-state index is 0.0624. The van der Waals surface area contributed by atoms with Crippen LogP contribution in [0.3, 0.4) is 0 Å². The molecule has 0 saturated heterocycles. The number of nitrogens with zero attached hydrogens (tertiary/aromatic N) is 2. The van der Waals surface area contributed by atoms with Crippen molar-refractivity contribution in [3.63, 3.8) is 0 Å². The first kappa shape index (κ1) is 16.0. The first-order valence-corrected chi connectivity index (χ1v) is 8.72. The number of hydrazone groups is 1. The Balaban J connectivity index is 1.56. The van der Waals surface area contributed by atoms with Crippen LogP contribution in [0.25, 0.3) is 0 Å². The summed E-state index contributed by atoms with van der Waals surface area (Å²) in [5.74, 6) is -0.520. The number of nitrogens with one attached hydrogen (secondary N) is 2. The van der Waals surface area contributed by atoms with Crippen molar-refractivity contribution in [1.82, 2.24) is 10.9 Å². The molecule has 7 heteroatoms. The highest BCUT2D eigenvalue weighted by molar-refractivity contribution is 8.15. The van der Waals surface area contributed by atoms with E-state index >= 15 is 0 Å². The van der Waals surface area contributed by atoms with E-state index < -0.39 is 5.91 Å². The Morgan fingerprint density at radius 1 is 1.30 bits per heavy atom. The minimum Gasteiger partial charge on any atom is -0.291 e. The predicted molar refractivity (Wildman–Crippen MR) is 92.1 cm³/mol. The summed E-state index contributed by atoms with van der Waals surface area (Å²) in [4.78, 5) is 16.0. The number of carbonyl (C=O) groups is 1. The van der Waals surface area contributed by atoms with E-state index in [0.717, 1.165) is 10.6 Å². The van der Waals surface area contributed by atoms with Gasteiger partial charge in [-0.15, -0.1) is 0 Å². The van der Waals surface area contributed by atoms with Crippen molar-refractivity contribution in [1.29, 1.82) is 0 Å². The number of thioether (sulfide) groups is 1. The lowest BCUT2D eigenvalue weighted by Gasteiger charge is -2.17. The van der Waals surface area contributed by atoms with Crippen LogP contribution < -0.4 is 10.9 Å². The van der Waals surface area contributed by atoms with E-state index in [1.807, 2.05) is 18.3 Å². The highest BCUT2D eigenvalue weighted by atomic mass is 32.2. The van der Waals surface area contributed by atoms with E-state index in [2.05, 4.69) is 15.5 Å². The third-order valence-corrected chi connectivity index (χ3v) is 5.07. The second-order valence-electron chi connectivity index (χ2n) is 5.69. The molecule has 0 radical (unpaired) electrons. The molecular formula is C16H20N4O2S. The second kappa shape index (κ2) is 7.61. The predicted octanol–water partition coefficient (Wildman–Crippen LogP) is 2.53. The van der Waals surface area contributed by atoms with Crippen molar-refractivity contribution in [2.75, 3.05) is 0 Å². The Labute approximate surface area is 139 Å². The summed E-state index contributed by atoms with van der Waals surface area (Å²) in [6, 6.07) is 7.42. The van der Waals surface area contributed by atoms with Gasteiger partial charge in [0.25, 0.3) is 5.91 Å². The van der Waals surface area contributed by atoms with Gasteiger partial charge in [-0.05, 0) is 25.0 Å². The molecule has 6 nitrogen and oxygen atoms in total. The molecule has 122 valence electrons. The van der Waals surface area contributed by atoms with E-state index in [1.54, 1.807) is 29.4 Å². The summed E-state index contributed by atoms with van der Waals surface area (Å²) < 4.78 is 0. The van der Waals surface area contributed by atoms with Gasteiger partial charge in [0, 0.05) is 23.4 Å². The van der Waals surface area contributed by atoms with Crippen molar-refractivity contribution >= 4 is 28.9 Å². The Morgan fingerprint density at radius 3 is 2.74 bits per heavy atom. The van der Waals surface area contributed by atoms with Crippen LogP contribution in [0.1, 0.15) is 48.0 Å². The van der Waals surface area contributed by atoms with Gasteiger partial charge in [0.05, 0.1) is 0 Å². The zero-order valence-corrected chi connectivity index (χ0v) is 13.6. The van der Waals surface area contributed by atoms with Gasteiger partial charge in [-0.25, -0.2) is 5.48 Å². The van der Waals surface area contributed by atoms with E-state index in [1.165, 1.54) is 32.1 Å². The van der Waals surface area contributed by atoms with E-state index in [4.69, 9.17) is 5.21 Å². The minimum atomic E-state index is -0.520. The standard InChI is InChI=1S/C16H20N4O2S/c21-15(20-22)11-6-8-12(9-7-11)16-19-18-14(23-16)10-17-13-4-2-1-3-5-13/h6-10,13-14,18,22H,1-5H2,(H,20,21). The first-order chi connectivity index (χ1) is 11.3. The van der Waals surface area contributed by atoms with Crippen molar-refractivity contribution in [2.45, 2.75) is 43.5 Å². The SMILES string of the molecule is O=C(NO)c1ccc(C2=NNC(C=NC3CCCCC3)S2)cc1. The molecule has 0 bridgehead atoms. The normalized spacial score (nSPS) is 22.0. The largest absolute Gasteiger partial charge is 0.291 e. The molecule has 3 rings (SSSR count). The smallest absolute Gasteiger partial charge is 0.274 e. The van der Waals surface area contributed by atoms with Gasteiger partial charge in [-0.2, -0.15) is 5.10 Å². The van der Waals surface area contributed by atoms with Crippen molar-refractivity contribution in [3.05, 3.63) is 35.4 Å². The van der Waals surface area contributed by atoms with E-state index in [-0.39, 0.29) is 5.37 Å². The maximum absolute atomic E-state index is 11.3. The summed E-state index contributed by atoms with van der Waals surface area (Å²) in [7, 11) is 0. The summed E-state index contributed by atoms with van der Waals surface area (Å²) >= 11 is 1.61. The zero-order chi connectivity index (χ0) is 16.1. The third kappa shape index (κ3) is 4.11. The summed E-state index contributed by atoms with van der Waals surface area (Å²) in [5.41, 5.74) is 6.04. The average Bonchev–Trinajstić information content (AvgIpc) is 3.09. The fourth-order valence-electron chi connectivity index (χ4n) is 2.75. The van der Waals surface area contributed by atoms with Gasteiger partial charge in [0.1, 0.15) is 10.4 Å². The monoisotopic (exact) mass is 332 g/mol. The molecule has 0 aromatic heterocycles. The number of hydrogen-bond donors (Lipinski definition) is 3. The molecule has 23 heavy (non-hydrogen) atoms. The fraction of sp³-hybridized carbons (Fsp3) is 0.438. The first-order valence-electron chi connectivity index (χ1n) is 7.84. The number of benzene rings is 1. The highest BCUT2D eigenvalue weighted by Crippen LogP contribution is 2.24. The summed E-state index contributed by atoms with van der Waals surface area (Å²) in [6.45, 7) is 0. The lowest BCUT2D eigenvalue weighted by atomic mass is 9.96. The molecule has 1 fully saturated rings. The summed E-state index contributed by atoms with van der Waals surface area (Å²) in [5, 5.41) is 13.9. The number of amides is 1. The number of hydroxylamine groups is 1. The van der Waals surface area contributed by atoms with Crippen molar-refractivity contribution < 1.29 is 10.0 Å². The maximum atomic E-state index is 11.3.